The first kappa shape index (κ1) is 38.1. The first-order valence-corrected chi connectivity index (χ1v) is 20.5. The number of carbonyl (C=O) groups is 1. The van der Waals surface area contributed by atoms with Gasteiger partial charge in [-0.25, -0.2) is 0 Å². The summed E-state index contributed by atoms with van der Waals surface area (Å²) in [4.78, 5) is 14.7. The molecule has 4 heteroatoms. The smallest absolute Gasteiger partial charge is 0.310 e. The molecule has 6 rings (SSSR count). The molecule has 1 aromatic rings. The Bertz CT molecular complexity index is 1410. The van der Waals surface area contributed by atoms with E-state index >= 15 is 0 Å². The van der Waals surface area contributed by atoms with E-state index in [2.05, 4.69) is 101 Å². The average molecular weight is 689 g/mol. The van der Waals surface area contributed by atoms with Crippen molar-refractivity contribution in [1.82, 2.24) is 0 Å². The van der Waals surface area contributed by atoms with Gasteiger partial charge in [-0.1, -0.05) is 131 Å². The summed E-state index contributed by atoms with van der Waals surface area (Å²) in [5.74, 6) is 2.81. The fraction of sp³-hybridized carbons (Fsp3) is 0.804. The molecule has 3 saturated carbocycles. The topological polar surface area (TPSA) is 44.8 Å². The lowest BCUT2D eigenvalue weighted by atomic mass is 9.34. The minimum Gasteiger partial charge on any atom is -0.461 e. The zero-order valence-electron chi connectivity index (χ0n) is 34.0. The number of fused-ring (bicyclic) bond motifs is 3. The number of hydrogen-bond acceptors (Lipinski definition) is 4. The third-order valence-corrected chi connectivity index (χ3v) is 16.8. The molecule has 0 unspecified atom stereocenters. The Labute approximate surface area is 306 Å². The molecule has 0 N–H and O–H groups in total. The maximum Gasteiger partial charge on any atom is 0.310 e. The van der Waals surface area contributed by atoms with Gasteiger partial charge in [0.1, 0.15) is 6.61 Å². The summed E-state index contributed by atoms with van der Waals surface area (Å²) in [7, 11) is 0. The summed E-state index contributed by atoms with van der Waals surface area (Å²) in [6, 6.07) is 10.2. The van der Waals surface area contributed by atoms with E-state index in [4.69, 9.17) is 14.2 Å². The summed E-state index contributed by atoms with van der Waals surface area (Å²) in [5.41, 5.74) is 2.73. The van der Waals surface area contributed by atoms with Crippen LogP contribution in [0.4, 0.5) is 0 Å². The molecule has 280 valence electrons. The van der Waals surface area contributed by atoms with Crippen LogP contribution in [-0.4, -0.2) is 31.9 Å². The highest BCUT2D eigenvalue weighted by molar-refractivity contribution is 5.75. The lowest BCUT2D eigenvalue weighted by Gasteiger charge is -2.71. The van der Waals surface area contributed by atoms with Crippen molar-refractivity contribution >= 4 is 5.97 Å². The third kappa shape index (κ3) is 5.79. The number of allylic oxidation sites excluding steroid dienone is 1. The van der Waals surface area contributed by atoms with Crippen molar-refractivity contribution in [2.75, 3.05) is 19.8 Å². The molecular weight excluding hydrogens is 617 g/mol. The van der Waals surface area contributed by atoms with Crippen LogP contribution in [0.1, 0.15) is 134 Å². The lowest BCUT2D eigenvalue weighted by Crippen LogP contribution is -2.69. The Morgan fingerprint density at radius 3 is 2.32 bits per heavy atom. The molecule has 4 aliphatic carbocycles. The van der Waals surface area contributed by atoms with E-state index in [1.54, 1.807) is 5.57 Å². The van der Waals surface area contributed by atoms with E-state index in [0.717, 1.165) is 57.5 Å². The van der Waals surface area contributed by atoms with E-state index in [0.29, 0.717) is 42.1 Å². The normalized spacial score (nSPS) is 42.4. The van der Waals surface area contributed by atoms with Gasteiger partial charge in [-0.05, 0) is 101 Å². The standard InChI is InChI=1S/C46H72O4/c1-13-34(41(6,7)8)27-49-39-31(4)25-46-29-48-28-43(39,10)37(46)20-19-35-36(46)21-22-45(12)38(40(47)50-26-33-17-15-14-16-18-33)42(9,32(5)30(2)3)23-24-44(35,45)11/h14-18,21,30-32,34-35,37-39H,13,19-20,22-29H2,1-12H3/t31-,32-,34+,35+,37+,38-,39+,42-,43-,44-,45+,46+/m1/s1. The maximum atomic E-state index is 14.7. The molecule has 1 aliphatic heterocycles. The predicted molar refractivity (Wildman–Crippen MR) is 204 cm³/mol. The van der Waals surface area contributed by atoms with Gasteiger partial charge in [0.05, 0.1) is 31.8 Å². The number of rotatable bonds is 9. The zero-order chi connectivity index (χ0) is 36.5. The molecule has 0 spiro atoms. The van der Waals surface area contributed by atoms with Crippen molar-refractivity contribution in [2.24, 2.45) is 73.9 Å². The average Bonchev–Trinajstić information content (AvgIpc) is 3.05. The molecule has 4 fully saturated rings. The molecule has 0 radical (unpaired) electrons. The van der Waals surface area contributed by atoms with Gasteiger partial charge in [0.15, 0.2) is 0 Å². The van der Waals surface area contributed by atoms with Crippen LogP contribution in [-0.2, 0) is 25.6 Å². The number of carbonyl (C=O) groups excluding carboxylic acids is 1. The first-order chi connectivity index (χ1) is 23.4. The van der Waals surface area contributed by atoms with Crippen LogP contribution >= 0.6 is 0 Å². The van der Waals surface area contributed by atoms with E-state index in [1.807, 2.05) is 18.2 Å². The molecule has 2 bridgehead atoms. The van der Waals surface area contributed by atoms with E-state index < -0.39 is 0 Å². The van der Waals surface area contributed by atoms with Crippen LogP contribution in [0.2, 0.25) is 0 Å². The summed E-state index contributed by atoms with van der Waals surface area (Å²) in [6.07, 6.45) is 10.8. The SMILES string of the molecule is CC[C@@H](CO[C@H]1[C@H](C)C[C@@]23COC[C@]1(C)[C@@H]2CC[C@H]1C3=CC[C@@]2(C)[C@H](C(=O)OCc3ccccc3)[C@@](C)([C@H](C)C(C)C)CC[C@]12C)C(C)(C)C. The van der Waals surface area contributed by atoms with Gasteiger partial charge in [-0.15, -0.1) is 0 Å². The molecule has 4 nitrogen and oxygen atoms in total. The van der Waals surface area contributed by atoms with Crippen LogP contribution < -0.4 is 0 Å². The second-order valence-electron chi connectivity index (χ2n) is 20.5. The van der Waals surface area contributed by atoms with Gasteiger partial charge in [0.25, 0.3) is 0 Å². The van der Waals surface area contributed by atoms with Crippen LogP contribution in [0.5, 0.6) is 0 Å². The number of ether oxygens (including phenoxy) is 3. The number of hydrogen-bond donors (Lipinski definition) is 0. The van der Waals surface area contributed by atoms with Crippen molar-refractivity contribution in [3.8, 4) is 0 Å². The first-order valence-electron chi connectivity index (χ1n) is 20.5. The molecule has 1 aromatic carbocycles. The fourth-order valence-corrected chi connectivity index (χ4v) is 13.4. The van der Waals surface area contributed by atoms with Crippen molar-refractivity contribution in [1.29, 1.82) is 0 Å². The van der Waals surface area contributed by atoms with Crippen LogP contribution in [0.3, 0.4) is 0 Å². The Hall–Kier alpha value is -1.65. The second kappa shape index (κ2) is 13.3. The maximum absolute atomic E-state index is 14.7. The predicted octanol–water partition coefficient (Wildman–Crippen LogP) is 11.3. The monoisotopic (exact) mass is 689 g/mol. The molecule has 50 heavy (non-hydrogen) atoms. The van der Waals surface area contributed by atoms with Crippen LogP contribution in [0.25, 0.3) is 0 Å². The van der Waals surface area contributed by atoms with Crippen molar-refractivity contribution in [3.05, 3.63) is 47.5 Å². The zero-order valence-corrected chi connectivity index (χ0v) is 34.0. The quantitative estimate of drug-likeness (QED) is 0.191. The van der Waals surface area contributed by atoms with Crippen molar-refractivity contribution < 1.29 is 19.0 Å². The largest absolute Gasteiger partial charge is 0.461 e. The Kier molecular flexibility index (Phi) is 10.2. The van der Waals surface area contributed by atoms with E-state index in [1.165, 1.54) is 12.8 Å². The summed E-state index contributed by atoms with van der Waals surface area (Å²) < 4.78 is 20.2. The molecule has 1 heterocycles. The highest BCUT2D eigenvalue weighted by Crippen LogP contribution is 2.75. The third-order valence-electron chi connectivity index (χ3n) is 16.8. The highest BCUT2D eigenvalue weighted by atomic mass is 16.5. The van der Waals surface area contributed by atoms with Crippen molar-refractivity contribution in [2.45, 2.75) is 141 Å². The van der Waals surface area contributed by atoms with Gasteiger partial charge < -0.3 is 14.2 Å². The summed E-state index contributed by atoms with van der Waals surface area (Å²) in [5, 5.41) is 0. The molecule has 12 atom stereocenters. The number of benzene rings is 1. The van der Waals surface area contributed by atoms with Crippen LogP contribution in [0, 0.1) is 73.9 Å². The number of esters is 1. The van der Waals surface area contributed by atoms with Gasteiger partial charge in [0, 0.05) is 10.8 Å². The Morgan fingerprint density at radius 2 is 1.68 bits per heavy atom. The molecular formula is C46H72O4. The van der Waals surface area contributed by atoms with Gasteiger partial charge in [0.2, 0.25) is 0 Å². The molecule has 0 amide bonds. The van der Waals surface area contributed by atoms with Gasteiger partial charge in [-0.3, -0.25) is 4.79 Å². The minimum atomic E-state index is -0.193. The van der Waals surface area contributed by atoms with Gasteiger partial charge in [-0.2, -0.15) is 0 Å². The second-order valence-corrected chi connectivity index (χ2v) is 20.5. The fourth-order valence-electron chi connectivity index (χ4n) is 13.4. The molecule has 5 aliphatic rings. The summed E-state index contributed by atoms with van der Waals surface area (Å²) in [6.45, 7) is 31.8. The van der Waals surface area contributed by atoms with Crippen molar-refractivity contribution in [3.63, 3.8) is 0 Å². The lowest BCUT2D eigenvalue weighted by molar-refractivity contribution is -0.253. The Balaban J connectivity index is 1.35. The van der Waals surface area contributed by atoms with Crippen LogP contribution in [0.15, 0.2) is 42.0 Å². The summed E-state index contributed by atoms with van der Waals surface area (Å²) >= 11 is 0. The van der Waals surface area contributed by atoms with E-state index in [-0.39, 0.29) is 50.5 Å². The van der Waals surface area contributed by atoms with E-state index in [9.17, 15) is 4.79 Å². The molecule has 0 aromatic heterocycles. The molecule has 1 saturated heterocycles. The highest BCUT2D eigenvalue weighted by Gasteiger charge is 2.71. The van der Waals surface area contributed by atoms with Gasteiger partial charge >= 0.3 is 5.97 Å². The Morgan fingerprint density at radius 1 is 0.980 bits per heavy atom. The minimum absolute atomic E-state index is 0.00116.